The van der Waals surface area contributed by atoms with Gasteiger partial charge in [0.1, 0.15) is 11.3 Å². The van der Waals surface area contributed by atoms with E-state index in [1.165, 1.54) is 25.5 Å². The average Bonchev–Trinajstić information content (AvgIpc) is 3.08. The quantitative estimate of drug-likeness (QED) is 0.177. The smallest absolute Gasteiger partial charge is 0.155 e. The average molecular weight is 577 g/mol. The molecule has 0 saturated carbocycles. The van der Waals surface area contributed by atoms with Gasteiger partial charge in [-0.1, -0.05) is 30.3 Å². The summed E-state index contributed by atoms with van der Waals surface area (Å²) in [6.45, 7) is 4.80. The van der Waals surface area contributed by atoms with Crippen LogP contribution < -0.4 is 0 Å². The van der Waals surface area contributed by atoms with Gasteiger partial charge in [0.2, 0.25) is 0 Å². The molecule has 0 aliphatic heterocycles. The Kier molecular flexibility index (Phi) is 8.28. The standard InChI is InChI=1S/C20H14NO.C5H8O2.Ir/c1-14-12-18-19(22-14)10-11-21-20(18)17-9-5-8-16(13-17)15-6-3-2-4-7-15;1-4(6)3-5(2)7;/h2-8,10-13H,1H3;3,6H,1-2H3;/q-1;;/b;4-3-;. The summed E-state index contributed by atoms with van der Waals surface area (Å²) in [6.07, 6.45) is 2.95. The van der Waals surface area contributed by atoms with Gasteiger partial charge in [0.05, 0.1) is 5.76 Å². The molecule has 4 nitrogen and oxygen atoms in total. The van der Waals surface area contributed by atoms with Gasteiger partial charge in [0.15, 0.2) is 5.78 Å². The number of hydrogen-bond donors (Lipinski definition) is 1. The zero-order chi connectivity index (χ0) is 20.8. The van der Waals surface area contributed by atoms with E-state index in [1.54, 1.807) is 6.20 Å². The molecule has 155 valence electrons. The minimum Gasteiger partial charge on any atom is -0.512 e. The van der Waals surface area contributed by atoms with Crippen LogP contribution >= 0.6 is 0 Å². The number of carbonyl (C=O) groups is 1. The molecule has 0 unspecified atom stereocenters. The third-order valence-corrected chi connectivity index (χ3v) is 4.14. The van der Waals surface area contributed by atoms with Gasteiger partial charge in [-0.2, -0.15) is 0 Å². The number of nitrogens with zero attached hydrogens (tertiary/aromatic N) is 1. The second-order valence-corrected chi connectivity index (χ2v) is 6.68. The fourth-order valence-corrected chi connectivity index (χ4v) is 3.01. The number of hydrogen-bond acceptors (Lipinski definition) is 4. The first-order chi connectivity index (χ1) is 13.9. The van der Waals surface area contributed by atoms with E-state index < -0.39 is 0 Å². The van der Waals surface area contributed by atoms with Crippen LogP contribution in [-0.4, -0.2) is 15.9 Å². The van der Waals surface area contributed by atoms with E-state index in [4.69, 9.17) is 9.52 Å². The van der Waals surface area contributed by atoms with Crippen molar-refractivity contribution in [3.05, 3.63) is 90.5 Å². The van der Waals surface area contributed by atoms with Crippen molar-refractivity contribution in [2.45, 2.75) is 20.8 Å². The Labute approximate surface area is 189 Å². The van der Waals surface area contributed by atoms with Gasteiger partial charge in [0.25, 0.3) is 0 Å². The van der Waals surface area contributed by atoms with Gasteiger partial charge in [-0.05, 0) is 44.2 Å². The Morgan fingerprint density at radius 2 is 1.80 bits per heavy atom. The molecule has 2 aromatic heterocycles. The molecule has 4 rings (SSSR count). The summed E-state index contributed by atoms with van der Waals surface area (Å²) < 4.78 is 5.69. The normalized spacial score (nSPS) is 10.7. The number of ketones is 1. The predicted molar refractivity (Wildman–Crippen MR) is 116 cm³/mol. The zero-order valence-electron chi connectivity index (χ0n) is 17.0. The molecule has 0 aliphatic rings. The number of furan rings is 1. The van der Waals surface area contributed by atoms with Gasteiger partial charge < -0.3 is 14.5 Å². The van der Waals surface area contributed by atoms with Crippen molar-refractivity contribution in [2.75, 3.05) is 0 Å². The van der Waals surface area contributed by atoms with E-state index in [0.29, 0.717) is 0 Å². The van der Waals surface area contributed by atoms with Crippen LogP contribution in [-0.2, 0) is 24.9 Å². The summed E-state index contributed by atoms with van der Waals surface area (Å²) in [5, 5.41) is 9.39. The van der Waals surface area contributed by atoms with Gasteiger partial charge in [-0.3, -0.25) is 4.79 Å². The van der Waals surface area contributed by atoms with Crippen molar-refractivity contribution >= 4 is 16.8 Å². The van der Waals surface area contributed by atoms with Crippen molar-refractivity contribution in [3.63, 3.8) is 0 Å². The first-order valence-corrected chi connectivity index (χ1v) is 9.24. The second-order valence-electron chi connectivity index (χ2n) is 6.68. The molecular formula is C25H22IrNO3-. The number of fused-ring (bicyclic) bond motifs is 1. The minimum absolute atomic E-state index is 0. The molecule has 0 bridgehead atoms. The molecule has 1 N–H and O–H groups in total. The fraction of sp³-hybridized carbons (Fsp3) is 0.120. The molecule has 0 spiro atoms. The van der Waals surface area contributed by atoms with Crippen molar-refractivity contribution in [1.82, 2.24) is 4.98 Å². The number of pyridine rings is 1. The summed E-state index contributed by atoms with van der Waals surface area (Å²) in [5.74, 6) is 0.830. The van der Waals surface area contributed by atoms with E-state index in [0.717, 1.165) is 33.6 Å². The van der Waals surface area contributed by atoms with Crippen LogP contribution in [0.4, 0.5) is 0 Å². The molecule has 1 radical (unpaired) electrons. The number of aromatic nitrogens is 1. The summed E-state index contributed by atoms with van der Waals surface area (Å²) in [7, 11) is 0. The number of rotatable bonds is 3. The van der Waals surface area contributed by atoms with Gasteiger partial charge in [0, 0.05) is 37.8 Å². The molecule has 0 atom stereocenters. The summed E-state index contributed by atoms with van der Waals surface area (Å²) in [5.41, 5.74) is 5.10. The number of carbonyl (C=O) groups excluding carboxylic acids is 1. The summed E-state index contributed by atoms with van der Waals surface area (Å²) >= 11 is 0. The van der Waals surface area contributed by atoms with Gasteiger partial charge in [-0.25, -0.2) is 0 Å². The van der Waals surface area contributed by atoms with E-state index in [9.17, 15) is 4.79 Å². The van der Waals surface area contributed by atoms with Crippen LogP contribution in [0.3, 0.4) is 0 Å². The monoisotopic (exact) mass is 577 g/mol. The fourth-order valence-electron chi connectivity index (χ4n) is 3.01. The molecule has 0 amide bonds. The van der Waals surface area contributed by atoms with E-state index in [1.807, 2.05) is 43.3 Å². The Bertz CT molecular complexity index is 1160. The van der Waals surface area contributed by atoms with Crippen LogP contribution in [0, 0.1) is 13.0 Å². The minimum atomic E-state index is -0.125. The molecule has 0 aliphatic carbocycles. The Morgan fingerprint density at radius 3 is 2.43 bits per heavy atom. The number of benzene rings is 2. The predicted octanol–water partition coefficient (Wildman–Crippen LogP) is 6.31. The van der Waals surface area contributed by atoms with E-state index in [2.05, 4.69) is 35.3 Å². The zero-order valence-corrected chi connectivity index (χ0v) is 19.4. The molecule has 30 heavy (non-hydrogen) atoms. The molecule has 2 aromatic carbocycles. The van der Waals surface area contributed by atoms with E-state index in [-0.39, 0.29) is 31.6 Å². The number of aryl methyl sites for hydroxylation is 1. The maximum Gasteiger partial charge on any atom is 0.155 e. The molecular weight excluding hydrogens is 554 g/mol. The largest absolute Gasteiger partial charge is 0.512 e. The second kappa shape index (κ2) is 10.7. The van der Waals surface area contributed by atoms with Crippen LogP contribution in [0.25, 0.3) is 33.4 Å². The van der Waals surface area contributed by atoms with Crippen LogP contribution in [0.15, 0.2) is 83.1 Å². The SMILES string of the molecule is CC(=O)/C=C(/C)O.Cc1cc2c(-c3[c-]ccc(-c4ccccc4)c3)nccc2o1.[Ir]. The summed E-state index contributed by atoms with van der Waals surface area (Å²) in [6, 6.07) is 23.7. The third-order valence-electron chi connectivity index (χ3n) is 4.14. The maximum atomic E-state index is 10.0. The first kappa shape index (κ1) is 23.3. The molecule has 0 saturated heterocycles. The van der Waals surface area contributed by atoms with Crippen molar-refractivity contribution in [1.29, 1.82) is 0 Å². The molecule has 4 aromatic rings. The van der Waals surface area contributed by atoms with Crippen LogP contribution in [0.5, 0.6) is 0 Å². The Hall–Kier alpha value is -3.01. The molecule has 0 fully saturated rings. The van der Waals surface area contributed by atoms with Crippen molar-refractivity contribution in [3.8, 4) is 22.4 Å². The van der Waals surface area contributed by atoms with Gasteiger partial charge in [-0.15, -0.1) is 35.4 Å². The van der Waals surface area contributed by atoms with Crippen LogP contribution in [0.1, 0.15) is 19.6 Å². The van der Waals surface area contributed by atoms with E-state index >= 15 is 0 Å². The number of allylic oxidation sites excluding steroid dienone is 2. The first-order valence-electron chi connectivity index (χ1n) is 9.24. The van der Waals surface area contributed by atoms with Crippen molar-refractivity contribution in [2.24, 2.45) is 0 Å². The van der Waals surface area contributed by atoms with Crippen molar-refractivity contribution < 1.29 is 34.4 Å². The third kappa shape index (κ3) is 5.99. The van der Waals surface area contributed by atoms with Crippen LogP contribution in [0.2, 0.25) is 0 Å². The molecule has 5 heteroatoms. The maximum absolute atomic E-state index is 10.0. The topological polar surface area (TPSA) is 63.3 Å². The number of aliphatic hydroxyl groups excluding tert-OH is 1. The molecule has 2 heterocycles. The number of aliphatic hydroxyl groups is 1. The van der Waals surface area contributed by atoms with Gasteiger partial charge >= 0.3 is 0 Å². The Morgan fingerprint density at radius 1 is 1.07 bits per heavy atom. The summed E-state index contributed by atoms with van der Waals surface area (Å²) in [4.78, 5) is 14.6. The Balaban J connectivity index is 0.000000350.